The van der Waals surface area contributed by atoms with Crippen molar-refractivity contribution in [3.63, 3.8) is 0 Å². The highest BCUT2D eigenvalue weighted by Gasteiger charge is 2.19. The Hall–Kier alpha value is -1.19. The predicted octanol–water partition coefficient (Wildman–Crippen LogP) is 2.26. The normalized spacial score (nSPS) is 17.8. The van der Waals surface area contributed by atoms with Gasteiger partial charge in [0.2, 0.25) is 0 Å². The molecule has 0 radical (unpaired) electrons. The molecule has 1 aromatic rings. The Morgan fingerprint density at radius 3 is 2.56 bits per heavy atom. The Bertz CT molecular complexity index is 369. The molecule has 0 aromatic heterocycles. The van der Waals surface area contributed by atoms with Crippen molar-refractivity contribution in [3.8, 4) is 0 Å². The number of ketones is 1. The fourth-order valence-electron chi connectivity index (χ4n) is 2.31. The van der Waals surface area contributed by atoms with Crippen LogP contribution in [0, 0.1) is 0 Å². The molecule has 3 nitrogen and oxygen atoms in total. The van der Waals surface area contributed by atoms with Crippen LogP contribution < -0.4 is 0 Å². The summed E-state index contributed by atoms with van der Waals surface area (Å²) in [6.07, 6.45) is 2.32. The van der Waals surface area contributed by atoms with Crippen molar-refractivity contribution in [1.82, 2.24) is 4.90 Å². The average molecular weight is 247 g/mol. The Morgan fingerprint density at radius 1 is 1.28 bits per heavy atom. The lowest BCUT2D eigenvalue weighted by Gasteiger charge is -2.31. The van der Waals surface area contributed by atoms with Crippen LogP contribution in [-0.4, -0.2) is 36.5 Å². The molecule has 0 atom stereocenters. The Morgan fingerprint density at radius 2 is 1.94 bits per heavy atom. The third kappa shape index (κ3) is 4.24. The number of benzene rings is 1. The standard InChI is InChI=1S/C15H21NO2/c1-13(17)12-18-15-7-9-16(10-8-15)11-14-5-3-2-4-6-14/h2-6,15H,7-12H2,1H3. The fraction of sp³-hybridized carbons (Fsp3) is 0.533. The number of carbonyl (C=O) groups excluding carboxylic acids is 1. The van der Waals surface area contributed by atoms with Crippen LogP contribution in [0.2, 0.25) is 0 Å². The van der Waals surface area contributed by atoms with E-state index < -0.39 is 0 Å². The molecule has 0 unspecified atom stereocenters. The molecule has 2 rings (SSSR count). The van der Waals surface area contributed by atoms with Crippen molar-refractivity contribution in [1.29, 1.82) is 0 Å². The number of hydrogen-bond acceptors (Lipinski definition) is 3. The number of ether oxygens (including phenoxy) is 1. The quantitative estimate of drug-likeness (QED) is 0.799. The minimum absolute atomic E-state index is 0.113. The molecule has 1 saturated heterocycles. The molecule has 0 bridgehead atoms. The van der Waals surface area contributed by atoms with Gasteiger partial charge in [-0.05, 0) is 25.3 Å². The van der Waals surface area contributed by atoms with Crippen molar-refractivity contribution in [2.75, 3.05) is 19.7 Å². The molecule has 1 fully saturated rings. The summed E-state index contributed by atoms with van der Waals surface area (Å²) in [5, 5.41) is 0. The number of likely N-dealkylation sites (tertiary alicyclic amines) is 1. The molecule has 0 spiro atoms. The zero-order valence-corrected chi connectivity index (χ0v) is 11.0. The van der Waals surface area contributed by atoms with Gasteiger partial charge in [-0.15, -0.1) is 0 Å². The van der Waals surface area contributed by atoms with Crippen LogP contribution >= 0.6 is 0 Å². The lowest BCUT2D eigenvalue weighted by atomic mass is 10.1. The fourth-order valence-corrected chi connectivity index (χ4v) is 2.31. The molecule has 18 heavy (non-hydrogen) atoms. The number of piperidine rings is 1. The molecule has 1 aromatic carbocycles. The lowest BCUT2D eigenvalue weighted by Crippen LogP contribution is -2.37. The first-order valence-electron chi connectivity index (χ1n) is 6.61. The third-order valence-electron chi connectivity index (χ3n) is 3.31. The smallest absolute Gasteiger partial charge is 0.155 e. The summed E-state index contributed by atoms with van der Waals surface area (Å²) in [5.74, 6) is 0.113. The predicted molar refractivity (Wildman–Crippen MR) is 71.4 cm³/mol. The van der Waals surface area contributed by atoms with Crippen LogP contribution in [0.4, 0.5) is 0 Å². The molecule has 3 heteroatoms. The van der Waals surface area contributed by atoms with Crippen molar-refractivity contribution >= 4 is 5.78 Å². The van der Waals surface area contributed by atoms with Gasteiger partial charge in [0.1, 0.15) is 6.61 Å². The van der Waals surface area contributed by atoms with Crippen LogP contribution in [0.25, 0.3) is 0 Å². The number of hydrogen-bond donors (Lipinski definition) is 0. The molecule has 0 amide bonds. The first-order chi connectivity index (χ1) is 8.74. The summed E-state index contributed by atoms with van der Waals surface area (Å²) >= 11 is 0. The molecule has 0 saturated carbocycles. The second-order valence-corrected chi connectivity index (χ2v) is 4.97. The molecule has 1 aliphatic heterocycles. The summed E-state index contributed by atoms with van der Waals surface area (Å²) in [7, 11) is 0. The van der Waals surface area contributed by atoms with Crippen LogP contribution in [0.1, 0.15) is 25.3 Å². The maximum atomic E-state index is 10.9. The number of Topliss-reactive ketones (excluding diaryl/α,β-unsaturated/α-hetero) is 1. The largest absolute Gasteiger partial charge is 0.370 e. The van der Waals surface area contributed by atoms with Gasteiger partial charge in [-0.1, -0.05) is 30.3 Å². The molecular weight excluding hydrogens is 226 g/mol. The zero-order chi connectivity index (χ0) is 12.8. The Kier molecular flexibility index (Phi) is 4.90. The average Bonchev–Trinajstić information content (AvgIpc) is 2.39. The Labute approximate surface area is 109 Å². The van der Waals surface area contributed by atoms with E-state index in [1.54, 1.807) is 6.92 Å². The van der Waals surface area contributed by atoms with Crippen molar-refractivity contribution in [2.45, 2.75) is 32.4 Å². The lowest BCUT2D eigenvalue weighted by molar-refractivity contribution is -0.124. The highest BCUT2D eigenvalue weighted by Crippen LogP contribution is 2.16. The van der Waals surface area contributed by atoms with Gasteiger partial charge in [0.05, 0.1) is 6.10 Å². The van der Waals surface area contributed by atoms with E-state index in [-0.39, 0.29) is 18.5 Å². The van der Waals surface area contributed by atoms with Gasteiger partial charge >= 0.3 is 0 Å². The second kappa shape index (κ2) is 6.66. The van der Waals surface area contributed by atoms with Crippen LogP contribution in [-0.2, 0) is 16.1 Å². The summed E-state index contributed by atoms with van der Waals surface area (Å²) < 4.78 is 5.57. The zero-order valence-electron chi connectivity index (χ0n) is 11.0. The van der Waals surface area contributed by atoms with E-state index in [1.807, 2.05) is 6.07 Å². The minimum atomic E-state index is 0.113. The highest BCUT2D eigenvalue weighted by molar-refractivity contribution is 5.76. The molecule has 0 aliphatic carbocycles. The Balaban J connectivity index is 1.72. The topological polar surface area (TPSA) is 29.5 Å². The third-order valence-corrected chi connectivity index (χ3v) is 3.31. The van der Waals surface area contributed by atoms with E-state index in [0.29, 0.717) is 0 Å². The van der Waals surface area contributed by atoms with E-state index in [4.69, 9.17) is 4.74 Å². The van der Waals surface area contributed by atoms with Crippen molar-refractivity contribution in [2.24, 2.45) is 0 Å². The van der Waals surface area contributed by atoms with Gasteiger partial charge in [-0.25, -0.2) is 0 Å². The molecular formula is C15H21NO2. The maximum absolute atomic E-state index is 10.9. The van der Waals surface area contributed by atoms with Gasteiger partial charge in [0, 0.05) is 19.6 Å². The van der Waals surface area contributed by atoms with E-state index in [9.17, 15) is 4.79 Å². The van der Waals surface area contributed by atoms with Gasteiger partial charge in [0.25, 0.3) is 0 Å². The van der Waals surface area contributed by atoms with Crippen LogP contribution in [0.5, 0.6) is 0 Å². The van der Waals surface area contributed by atoms with E-state index in [1.165, 1.54) is 5.56 Å². The van der Waals surface area contributed by atoms with E-state index in [2.05, 4.69) is 29.2 Å². The molecule has 1 heterocycles. The molecule has 98 valence electrons. The van der Waals surface area contributed by atoms with Gasteiger partial charge in [-0.3, -0.25) is 9.69 Å². The molecule has 1 aliphatic rings. The van der Waals surface area contributed by atoms with Gasteiger partial charge < -0.3 is 4.74 Å². The van der Waals surface area contributed by atoms with Crippen molar-refractivity contribution in [3.05, 3.63) is 35.9 Å². The van der Waals surface area contributed by atoms with E-state index >= 15 is 0 Å². The minimum Gasteiger partial charge on any atom is -0.370 e. The van der Waals surface area contributed by atoms with Crippen molar-refractivity contribution < 1.29 is 9.53 Å². The van der Waals surface area contributed by atoms with Gasteiger partial charge in [-0.2, -0.15) is 0 Å². The second-order valence-electron chi connectivity index (χ2n) is 4.97. The number of carbonyl (C=O) groups is 1. The van der Waals surface area contributed by atoms with Gasteiger partial charge in [0.15, 0.2) is 5.78 Å². The summed E-state index contributed by atoms with van der Waals surface area (Å²) in [5.41, 5.74) is 1.36. The first kappa shape index (κ1) is 13.2. The van der Waals surface area contributed by atoms with E-state index in [0.717, 1.165) is 32.5 Å². The number of nitrogens with zero attached hydrogens (tertiary/aromatic N) is 1. The summed E-state index contributed by atoms with van der Waals surface area (Å²) in [6, 6.07) is 10.5. The molecule has 0 N–H and O–H groups in total. The summed E-state index contributed by atoms with van der Waals surface area (Å²) in [4.78, 5) is 13.3. The monoisotopic (exact) mass is 247 g/mol. The number of rotatable bonds is 5. The van der Waals surface area contributed by atoms with Crippen LogP contribution in [0.15, 0.2) is 30.3 Å². The maximum Gasteiger partial charge on any atom is 0.155 e. The first-order valence-corrected chi connectivity index (χ1v) is 6.61. The highest BCUT2D eigenvalue weighted by atomic mass is 16.5. The summed E-state index contributed by atoms with van der Waals surface area (Å²) in [6.45, 7) is 4.96. The SMILES string of the molecule is CC(=O)COC1CCN(Cc2ccccc2)CC1. The van der Waals surface area contributed by atoms with Crippen LogP contribution in [0.3, 0.4) is 0 Å².